The van der Waals surface area contributed by atoms with Gasteiger partial charge in [0.05, 0.1) is 67.9 Å². The number of hydrogen-bond acceptors (Lipinski definition) is 14. The lowest BCUT2D eigenvalue weighted by Gasteiger charge is -2.31. The van der Waals surface area contributed by atoms with Crippen LogP contribution >= 0.6 is 0 Å². The van der Waals surface area contributed by atoms with E-state index in [0.717, 1.165) is 17.1 Å². The van der Waals surface area contributed by atoms with Crippen LogP contribution in [-0.2, 0) is 84.2 Å². The lowest BCUT2D eigenvalue weighted by molar-refractivity contribution is -0.172. The zero-order valence-corrected chi connectivity index (χ0v) is 40.5. The normalized spacial score (nSPS) is 17.4. The molecular weight excluding hydrogens is 966 g/mol. The highest BCUT2D eigenvalue weighted by Gasteiger charge is 2.46. The maximum Gasteiger partial charge on any atom is 0.343 e. The molecule has 0 saturated carbocycles. The van der Waals surface area contributed by atoms with Crippen LogP contribution in [0, 0.1) is 12.7 Å². The number of fused-ring (bicyclic) bond motifs is 5. The van der Waals surface area contributed by atoms with Crippen molar-refractivity contribution in [1.82, 2.24) is 46.4 Å². The van der Waals surface area contributed by atoms with Crippen LogP contribution in [0.15, 0.2) is 59.4 Å². The van der Waals surface area contributed by atoms with Crippen molar-refractivity contribution in [2.45, 2.75) is 83.2 Å². The van der Waals surface area contributed by atoms with Gasteiger partial charge in [-0.05, 0) is 54.5 Å². The maximum atomic E-state index is 15.4. The van der Waals surface area contributed by atoms with Crippen LogP contribution in [-0.4, -0.2) is 125 Å². The molecule has 74 heavy (non-hydrogen) atoms. The number of cyclic esters (lactones) is 1. The third-order valence-electron chi connectivity index (χ3n) is 13.5. The fraction of sp³-hybridized carbons (Fsp3) is 0.392. The summed E-state index contributed by atoms with van der Waals surface area (Å²) in [5, 5.41) is 27.6. The molecule has 8 rings (SSSR count). The van der Waals surface area contributed by atoms with E-state index in [-0.39, 0.29) is 76.3 Å². The molecule has 1 aliphatic carbocycles. The number of aliphatic hydroxyl groups is 1. The number of nitrogens with zero attached hydrogens (tertiary/aromatic N) is 3. The van der Waals surface area contributed by atoms with Crippen molar-refractivity contribution in [2.24, 2.45) is 0 Å². The van der Waals surface area contributed by atoms with Crippen molar-refractivity contribution in [1.29, 1.82) is 0 Å². The minimum Gasteiger partial charge on any atom is -0.458 e. The summed E-state index contributed by atoms with van der Waals surface area (Å²) in [7, 11) is 0. The highest BCUT2D eigenvalue weighted by molar-refractivity contribution is 6.13. The average Bonchev–Trinajstić information content (AvgIpc) is 3.93. The molecule has 0 spiro atoms. The molecule has 4 aromatic rings. The Hall–Kier alpha value is -8.18. The smallest absolute Gasteiger partial charge is 0.343 e. The molecule has 388 valence electrons. The van der Waals surface area contributed by atoms with Gasteiger partial charge < -0.3 is 51.0 Å². The summed E-state index contributed by atoms with van der Waals surface area (Å²) < 4.78 is 27.5. The Morgan fingerprint density at radius 1 is 0.865 bits per heavy atom. The van der Waals surface area contributed by atoms with Crippen LogP contribution in [0.5, 0.6) is 0 Å². The molecule has 0 saturated heterocycles. The van der Waals surface area contributed by atoms with Crippen molar-refractivity contribution < 1.29 is 62.1 Å². The lowest BCUT2D eigenvalue weighted by Crippen LogP contribution is -2.52. The van der Waals surface area contributed by atoms with E-state index in [1.54, 1.807) is 50.2 Å². The second-order valence-electron chi connectivity index (χ2n) is 18.2. The number of amides is 8. The molecule has 2 aromatic carbocycles. The van der Waals surface area contributed by atoms with Crippen LogP contribution in [0.25, 0.3) is 22.3 Å². The molecule has 23 heteroatoms. The van der Waals surface area contributed by atoms with E-state index in [1.807, 2.05) is 0 Å². The summed E-state index contributed by atoms with van der Waals surface area (Å²) in [5.74, 6) is -5.96. The van der Waals surface area contributed by atoms with Crippen LogP contribution < -0.4 is 37.5 Å². The predicted octanol–water partition coefficient (Wildman–Crippen LogP) is -0.455. The van der Waals surface area contributed by atoms with Gasteiger partial charge in [0, 0.05) is 67.1 Å². The topological polar surface area (TPSA) is 303 Å². The third-order valence-corrected chi connectivity index (χ3v) is 13.5. The quantitative estimate of drug-likeness (QED) is 0.0278. The summed E-state index contributed by atoms with van der Waals surface area (Å²) in [4.78, 5) is 133. The Morgan fingerprint density at radius 2 is 1.57 bits per heavy atom. The Bertz CT molecular complexity index is 3070. The molecule has 0 unspecified atom stereocenters. The molecule has 8 amide bonds. The standard InChI is InChI=1S/C51H54FN9O13/c1-3-51(72)32-20-37-47-30(25-61(37)49(70)31(32)26-74-50(51)71)46-34(10-9-29-27(2)33(52)21-35(59-47)45(29)46)57-42(66)24-56-48(69)36(19-28-7-5-4-6-8-28)58-41(65)23-55-40(64)22-54-39(63)14-17-73-18-15-53-38(62)13-16-60-43(67)11-12-44(60)68/h4-8,11-12,20-21,34,36,72H,3,9-10,13-19,22-26H2,1-2H3,(H,53,62)(H,54,63)(H,55,64)(H,56,69)(H,57,66)(H,58,65)/t34-,36-,51-/m0/s1. The van der Waals surface area contributed by atoms with Gasteiger partial charge in [-0.3, -0.25) is 48.1 Å². The van der Waals surface area contributed by atoms with Gasteiger partial charge in [0.1, 0.15) is 18.5 Å². The first-order valence-corrected chi connectivity index (χ1v) is 24.1. The van der Waals surface area contributed by atoms with Gasteiger partial charge in [0.25, 0.3) is 17.4 Å². The van der Waals surface area contributed by atoms with Gasteiger partial charge in [-0.15, -0.1) is 0 Å². The minimum atomic E-state index is -2.07. The molecule has 0 radical (unpaired) electrons. The largest absolute Gasteiger partial charge is 0.458 e. The first-order chi connectivity index (χ1) is 35.5. The molecular formula is C51H54FN9O13. The fourth-order valence-corrected chi connectivity index (χ4v) is 9.53. The van der Waals surface area contributed by atoms with Gasteiger partial charge in [0.15, 0.2) is 5.60 Å². The number of halogens is 1. The van der Waals surface area contributed by atoms with E-state index >= 15 is 4.39 Å². The number of nitrogens with one attached hydrogen (secondary N) is 6. The molecule has 4 aliphatic rings. The van der Waals surface area contributed by atoms with E-state index in [1.165, 1.54) is 10.6 Å². The van der Waals surface area contributed by atoms with E-state index in [0.29, 0.717) is 62.9 Å². The van der Waals surface area contributed by atoms with E-state index in [4.69, 9.17) is 14.5 Å². The molecule has 22 nitrogen and oxygen atoms in total. The maximum absolute atomic E-state index is 15.4. The number of benzene rings is 2. The zero-order valence-electron chi connectivity index (χ0n) is 40.5. The summed E-state index contributed by atoms with van der Waals surface area (Å²) >= 11 is 0. The third kappa shape index (κ3) is 11.1. The summed E-state index contributed by atoms with van der Waals surface area (Å²) in [6.07, 6.45) is 2.74. The first kappa shape index (κ1) is 52.2. The number of carbonyl (C=O) groups is 9. The highest BCUT2D eigenvalue weighted by Crippen LogP contribution is 2.46. The Balaban J connectivity index is 0.841. The van der Waals surface area contributed by atoms with Gasteiger partial charge in [-0.1, -0.05) is 37.3 Å². The van der Waals surface area contributed by atoms with Gasteiger partial charge in [-0.2, -0.15) is 0 Å². The number of carbonyl (C=O) groups excluding carboxylic acids is 9. The summed E-state index contributed by atoms with van der Waals surface area (Å²) in [6, 6.07) is 9.77. The first-order valence-electron chi connectivity index (χ1n) is 24.1. The zero-order chi connectivity index (χ0) is 52.8. The second kappa shape index (κ2) is 22.3. The molecule has 3 aliphatic heterocycles. The van der Waals surface area contributed by atoms with Crippen molar-refractivity contribution in [3.05, 3.63) is 110 Å². The summed E-state index contributed by atoms with van der Waals surface area (Å²) in [5.41, 5.74) is 1.66. The number of ether oxygens (including phenoxy) is 2. The minimum absolute atomic E-state index is 0.0230. The molecule has 7 N–H and O–H groups in total. The fourth-order valence-electron chi connectivity index (χ4n) is 9.53. The van der Waals surface area contributed by atoms with E-state index in [2.05, 4.69) is 31.9 Å². The van der Waals surface area contributed by atoms with Crippen LogP contribution in [0.1, 0.15) is 77.6 Å². The number of pyridine rings is 2. The number of rotatable bonds is 21. The van der Waals surface area contributed by atoms with Crippen molar-refractivity contribution in [3.63, 3.8) is 0 Å². The van der Waals surface area contributed by atoms with Crippen LogP contribution in [0.2, 0.25) is 0 Å². The molecule has 5 heterocycles. The van der Waals surface area contributed by atoms with E-state index < -0.39 is 102 Å². The number of aryl methyl sites for hydroxylation is 1. The van der Waals surface area contributed by atoms with Crippen molar-refractivity contribution in [3.8, 4) is 11.4 Å². The second-order valence-corrected chi connectivity index (χ2v) is 18.2. The van der Waals surface area contributed by atoms with Crippen LogP contribution in [0.3, 0.4) is 0 Å². The monoisotopic (exact) mass is 1020 g/mol. The van der Waals surface area contributed by atoms with Crippen molar-refractivity contribution in [2.75, 3.05) is 45.9 Å². The Morgan fingerprint density at radius 3 is 2.31 bits per heavy atom. The number of esters is 1. The number of imide groups is 1. The average molecular weight is 1020 g/mol. The highest BCUT2D eigenvalue weighted by atomic mass is 19.1. The number of aromatic nitrogens is 2. The molecule has 0 bridgehead atoms. The summed E-state index contributed by atoms with van der Waals surface area (Å²) in [6.45, 7) is 1.54. The predicted molar refractivity (Wildman–Crippen MR) is 258 cm³/mol. The lowest BCUT2D eigenvalue weighted by atomic mass is 9.81. The SMILES string of the molecule is CC[C@@]1(O)C(=O)OCc2c1cc1n(c2=O)Cc2c-1nc1cc(F)c(C)c3c1c2[C@@H](NC(=O)CNC(=O)[C@H](Cc1ccccc1)NC(=O)CNC(=O)CNC(=O)CCOCCNC(=O)CCN1C(=O)C=CC1=O)CC3. The van der Waals surface area contributed by atoms with Crippen molar-refractivity contribution >= 4 is 64.1 Å². The molecule has 0 fully saturated rings. The van der Waals surface area contributed by atoms with Gasteiger partial charge >= 0.3 is 5.97 Å². The number of hydrogen-bond donors (Lipinski definition) is 7. The Labute approximate surface area is 421 Å². The van der Waals surface area contributed by atoms with Crippen LogP contribution in [0.4, 0.5) is 4.39 Å². The van der Waals surface area contributed by atoms with Gasteiger partial charge in [0.2, 0.25) is 35.4 Å². The Kier molecular flexibility index (Phi) is 15.7. The molecule has 2 aromatic heterocycles. The molecule has 3 atom stereocenters. The van der Waals surface area contributed by atoms with Gasteiger partial charge in [-0.25, -0.2) is 14.2 Å². The van der Waals surface area contributed by atoms with E-state index in [9.17, 15) is 53.1 Å².